The van der Waals surface area contributed by atoms with Crippen LogP contribution in [-0.4, -0.2) is 43.3 Å². The molecule has 0 N–H and O–H groups in total. The molecule has 2 aromatic carbocycles. The number of allylic oxidation sites excluding steroid dienone is 4. The van der Waals surface area contributed by atoms with E-state index in [0.717, 1.165) is 50.1 Å². The minimum Gasteiger partial charge on any atom is -0.490 e. The number of carbonyl (C=O) groups excluding carboxylic acids is 2. The van der Waals surface area contributed by atoms with Gasteiger partial charge in [-0.15, -0.1) is 0 Å². The van der Waals surface area contributed by atoms with Gasteiger partial charge in [0.2, 0.25) is 0 Å². The minimum absolute atomic E-state index is 0.121. The molecule has 0 spiro atoms. The van der Waals surface area contributed by atoms with E-state index in [1.54, 1.807) is 7.11 Å². The number of Topliss-reactive ketones (excluding diaryl/α,β-unsaturated/α-hetero) is 2. The second-order valence-electron chi connectivity index (χ2n) is 13.7. The van der Waals surface area contributed by atoms with Crippen LogP contribution in [0.3, 0.4) is 0 Å². The van der Waals surface area contributed by atoms with Gasteiger partial charge in [-0.2, -0.15) is 0 Å². The Labute approximate surface area is 270 Å². The molecule has 7 heteroatoms. The maximum absolute atomic E-state index is 14.1. The molecule has 0 aromatic heterocycles. The van der Waals surface area contributed by atoms with Gasteiger partial charge in [-0.25, -0.2) is 0 Å². The minimum atomic E-state index is -0.435. The van der Waals surface area contributed by atoms with Crippen LogP contribution in [0.15, 0.2) is 58.9 Å². The smallest absolute Gasteiger partial charge is 0.174 e. The Hall–Kier alpha value is -2.65. The molecule has 0 amide bonds. The number of rotatable bonds is 9. The average molecular weight is 698 g/mol. The number of benzene rings is 2. The van der Waals surface area contributed by atoms with Crippen molar-refractivity contribution in [2.45, 2.75) is 79.8 Å². The number of hydrogen-bond acceptors (Lipinski definition) is 6. The molecular weight excluding hydrogens is 653 g/mol. The molecule has 0 radical (unpaired) electrons. The third-order valence-corrected chi connectivity index (χ3v) is 9.51. The quantitative estimate of drug-likeness (QED) is 0.248. The molecule has 5 rings (SSSR count). The molecule has 2 aliphatic carbocycles. The lowest BCUT2D eigenvalue weighted by molar-refractivity contribution is -0.119. The van der Waals surface area contributed by atoms with Gasteiger partial charge in [-0.1, -0.05) is 57.5 Å². The molecule has 1 aliphatic heterocycles. The van der Waals surface area contributed by atoms with Crippen LogP contribution in [-0.2, 0) is 20.9 Å². The lowest BCUT2D eigenvalue weighted by Gasteiger charge is -2.49. The zero-order valence-electron chi connectivity index (χ0n) is 26.6. The molecule has 2 aromatic rings. The van der Waals surface area contributed by atoms with E-state index in [2.05, 4.69) is 92.4 Å². The van der Waals surface area contributed by atoms with E-state index in [1.807, 2.05) is 13.0 Å². The Morgan fingerprint density at radius 3 is 2.00 bits per heavy atom. The van der Waals surface area contributed by atoms with Crippen LogP contribution in [0, 0.1) is 21.3 Å². The van der Waals surface area contributed by atoms with Crippen LogP contribution in [0.2, 0.25) is 0 Å². The van der Waals surface area contributed by atoms with Gasteiger partial charge in [0.05, 0.1) is 16.8 Å². The number of ketones is 2. The van der Waals surface area contributed by atoms with E-state index in [9.17, 15) is 9.59 Å². The van der Waals surface area contributed by atoms with Crippen molar-refractivity contribution in [3.05, 3.63) is 79.2 Å². The number of hydrogen-bond donors (Lipinski definition) is 0. The third kappa shape index (κ3) is 6.58. The van der Waals surface area contributed by atoms with Crippen molar-refractivity contribution in [1.29, 1.82) is 0 Å². The Morgan fingerprint density at radius 1 is 0.884 bits per heavy atom. The Bertz CT molecular complexity index is 1430. The number of carbonyl (C=O) groups is 2. The number of methoxy groups -OCH3 is 1. The number of aryl methyl sites for hydroxylation is 1. The molecule has 43 heavy (non-hydrogen) atoms. The summed E-state index contributed by atoms with van der Waals surface area (Å²) in [7, 11) is 1.70. The fraction of sp³-hybridized carbons (Fsp3) is 0.500. The normalized spacial score (nSPS) is 19.9. The molecule has 230 valence electrons. The Kier molecular flexibility index (Phi) is 9.15. The number of halogens is 1. The summed E-state index contributed by atoms with van der Waals surface area (Å²) >= 11 is 2.30. The van der Waals surface area contributed by atoms with E-state index >= 15 is 0 Å². The van der Waals surface area contributed by atoms with Crippen LogP contribution < -0.4 is 9.47 Å². The molecule has 3 aliphatic rings. The monoisotopic (exact) mass is 697 g/mol. The summed E-state index contributed by atoms with van der Waals surface area (Å²) in [5, 5.41) is 0. The van der Waals surface area contributed by atoms with Gasteiger partial charge in [0, 0.05) is 55.0 Å². The van der Waals surface area contributed by atoms with E-state index < -0.39 is 5.92 Å². The Balaban J connectivity index is 1.66. The maximum Gasteiger partial charge on any atom is 0.174 e. The summed E-state index contributed by atoms with van der Waals surface area (Å²) in [5.41, 5.74) is 6.44. The van der Waals surface area contributed by atoms with Gasteiger partial charge in [0.15, 0.2) is 23.1 Å². The zero-order valence-corrected chi connectivity index (χ0v) is 28.7. The first-order valence-corrected chi connectivity index (χ1v) is 16.4. The highest BCUT2D eigenvalue weighted by molar-refractivity contribution is 14.1. The van der Waals surface area contributed by atoms with Crippen molar-refractivity contribution in [3.63, 3.8) is 0 Å². The molecular formula is C36H44INO5. The van der Waals surface area contributed by atoms with Crippen molar-refractivity contribution in [2.75, 3.05) is 26.9 Å². The van der Waals surface area contributed by atoms with Crippen LogP contribution in [0.4, 0.5) is 0 Å². The van der Waals surface area contributed by atoms with Crippen LogP contribution in [0.25, 0.3) is 0 Å². The first kappa shape index (κ1) is 31.8. The van der Waals surface area contributed by atoms with E-state index in [0.29, 0.717) is 50.7 Å². The van der Waals surface area contributed by atoms with Crippen LogP contribution in [0.1, 0.15) is 82.9 Å². The summed E-state index contributed by atoms with van der Waals surface area (Å²) in [6.45, 7) is 14.7. The van der Waals surface area contributed by atoms with Crippen molar-refractivity contribution >= 4 is 34.2 Å². The fourth-order valence-electron chi connectivity index (χ4n) is 6.83. The highest BCUT2D eigenvalue weighted by Gasteiger charge is 2.49. The van der Waals surface area contributed by atoms with Gasteiger partial charge in [-0.05, 0) is 83.4 Å². The average Bonchev–Trinajstić information content (AvgIpc) is 2.91. The summed E-state index contributed by atoms with van der Waals surface area (Å²) in [4.78, 5) is 30.4. The number of nitrogens with zero attached hydrogens (tertiary/aromatic N) is 1. The SMILES string of the molecule is CCOc1cc(C2C3=C(CC(C)(C)CC3=O)N(CCOC)C3=C2C(=O)CC(C)(C)C3)cc(I)c1OCc1ccc(C)cc1. The van der Waals surface area contributed by atoms with Gasteiger partial charge in [-0.3, -0.25) is 9.59 Å². The third-order valence-electron chi connectivity index (χ3n) is 8.71. The standard InChI is InChI=1S/C36H44INO5/c1-8-42-30-16-24(15-25(37)34(30)43-21-23-11-9-22(2)10-12-23)31-32-26(17-35(3,4)19-28(32)39)38(13-14-41-7)27-18-36(5,6)20-29(40)33(27)31/h9-12,15-16,31H,8,13-14,17-21H2,1-7H3. The van der Waals surface area contributed by atoms with E-state index in [1.165, 1.54) is 5.56 Å². The van der Waals surface area contributed by atoms with Gasteiger partial charge < -0.3 is 19.1 Å². The number of ether oxygens (including phenoxy) is 3. The largest absolute Gasteiger partial charge is 0.490 e. The fourth-order valence-corrected chi connectivity index (χ4v) is 7.61. The highest BCUT2D eigenvalue weighted by Crippen LogP contribution is 2.55. The first-order valence-electron chi connectivity index (χ1n) is 15.3. The lowest BCUT2D eigenvalue weighted by atomic mass is 9.63. The molecule has 0 bridgehead atoms. The Morgan fingerprint density at radius 2 is 1.47 bits per heavy atom. The van der Waals surface area contributed by atoms with E-state index in [4.69, 9.17) is 14.2 Å². The predicted molar refractivity (Wildman–Crippen MR) is 177 cm³/mol. The molecule has 0 fully saturated rings. The highest BCUT2D eigenvalue weighted by atomic mass is 127. The lowest BCUT2D eigenvalue weighted by Crippen LogP contribution is -2.45. The van der Waals surface area contributed by atoms with Crippen molar-refractivity contribution < 1.29 is 23.8 Å². The first-order chi connectivity index (χ1) is 20.3. The van der Waals surface area contributed by atoms with Gasteiger partial charge in [0.1, 0.15) is 6.61 Å². The summed E-state index contributed by atoms with van der Waals surface area (Å²) in [6.07, 6.45) is 2.45. The second-order valence-corrected chi connectivity index (χ2v) is 14.9. The van der Waals surface area contributed by atoms with Crippen LogP contribution >= 0.6 is 22.6 Å². The molecule has 0 unspecified atom stereocenters. The molecule has 1 heterocycles. The maximum atomic E-state index is 14.1. The molecule has 0 saturated heterocycles. The van der Waals surface area contributed by atoms with Crippen LogP contribution in [0.5, 0.6) is 11.5 Å². The summed E-state index contributed by atoms with van der Waals surface area (Å²) in [5.74, 6) is 1.12. The van der Waals surface area contributed by atoms with Gasteiger partial charge >= 0.3 is 0 Å². The summed E-state index contributed by atoms with van der Waals surface area (Å²) < 4.78 is 18.9. The second kappa shape index (κ2) is 12.4. The summed E-state index contributed by atoms with van der Waals surface area (Å²) in [6, 6.07) is 12.4. The topological polar surface area (TPSA) is 65.1 Å². The van der Waals surface area contributed by atoms with Crippen molar-refractivity contribution in [3.8, 4) is 11.5 Å². The zero-order chi connectivity index (χ0) is 31.1. The molecule has 6 nitrogen and oxygen atoms in total. The van der Waals surface area contributed by atoms with Crippen molar-refractivity contribution in [1.82, 2.24) is 4.90 Å². The van der Waals surface area contributed by atoms with Gasteiger partial charge in [0.25, 0.3) is 0 Å². The van der Waals surface area contributed by atoms with Crippen molar-refractivity contribution in [2.24, 2.45) is 10.8 Å². The molecule has 0 atom stereocenters. The molecule has 0 saturated carbocycles. The van der Waals surface area contributed by atoms with E-state index in [-0.39, 0.29) is 22.4 Å². The predicted octanol–water partition coefficient (Wildman–Crippen LogP) is 7.91.